The van der Waals surface area contributed by atoms with E-state index >= 15 is 0 Å². The van der Waals surface area contributed by atoms with Gasteiger partial charge in [-0.05, 0) is 18.2 Å². The molecule has 1 heterocycles. The van der Waals surface area contributed by atoms with Gasteiger partial charge in [-0.15, -0.1) is 0 Å². The van der Waals surface area contributed by atoms with E-state index in [0.29, 0.717) is 6.54 Å². The quantitative estimate of drug-likeness (QED) is 0.730. The molecule has 2 amide bonds. The molecule has 0 bridgehead atoms. The Labute approximate surface area is 126 Å². The van der Waals surface area contributed by atoms with Gasteiger partial charge in [-0.2, -0.15) is 0 Å². The molecular weight excluding hydrogens is 322 g/mol. The zero-order chi connectivity index (χ0) is 14.5. The van der Waals surface area contributed by atoms with Gasteiger partial charge in [-0.1, -0.05) is 22.0 Å². The second kappa shape index (κ2) is 6.85. The van der Waals surface area contributed by atoms with E-state index in [2.05, 4.69) is 21.2 Å². The molecule has 1 aromatic carbocycles. The number of halogens is 1. The maximum Gasteiger partial charge on any atom is 0.279 e. The molecule has 1 fully saturated rings. The SMILES string of the molecule is NC(=O)C1CC[NH+](CC(=O)Nc2cccc(Br)c2)CC1. The van der Waals surface area contributed by atoms with Gasteiger partial charge in [0.25, 0.3) is 5.91 Å². The summed E-state index contributed by atoms with van der Waals surface area (Å²) in [5.74, 6) is -0.245. The Balaban J connectivity index is 1.80. The van der Waals surface area contributed by atoms with Crippen molar-refractivity contribution in [2.75, 3.05) is 25.0 Å². The molecule has 1 aliphatic rings. The molecule has 1 aliphatic heterocycles. The fraction of sp³-hybridized carbons (Fsp3) is 0.429. The zero-order valence-corrected chi connectivity index (χ0v) is 12.8. The van der Waals surface area contributed by atoms with Gasteiger partial charge in [0, 0.05) is 28.9 Å². The van der Waals surface area contributed by atoms with E-state index in [4.69, 9.17) is 5.73 Å². The van der Waals surface area contributed by atoms with Crippen molar-refractivity contribution < 1.29 is 14.5 Å². The molecule has 0 saturated carbocycles. The molecule has 0 atom stereocenters. The van der Waals surface area contributed by atoms with E-state index in [-0.39, 0.29) is 17.7 Å². The minimum Gasteiger partial charge on any atom is -0.369 e. The third-order valence-corrected chi connectivity index (χ3v) is 4.11. The standard InChI is InChI=1S/C14H18BrN3O2/c15-11-2-1-3-12(8-11)17-13(19)9-18-6-4-10(5-7-18)14(16)20/h1-3,8,10H,4-7,9H2,(H2,16,20)(H,17,19)/p+1. The number of piperidine rings is 1. The summed E-state index contributed by atoms with van der Waals surface area (Å²) in [6, 6.07) is 7.52. The molecule has 2 rings (SSSR count). The fourth-order valence-corrected chi connectivity index (χ4v) is 2.89. The molecule has 4 N–H and O–H groups in total. The Morgan fingerprint density at radius 2 is 2.05 bits per heavy atom. The second-order valence-corrected chi connectivity index (χ2v) is 6.08. The van der Waals surface area contributed by atoms with Crippen molar-refractivity contribution in [2.24, 2.45) is 11.7 Å². The molecule has 6 heteroatoms. The lowest BCUT2D eigenvalue weighted by Crippen LogP contribution is -3.14. The third-order valence-electron chi connectivity index (χ3n) is 3.61. The Morgan fingerprint density at radius 3 is 2.65 bits per heavy atom. The van der Waals surface area contributed by atoms with E-state index < -0.39 is 0 Å². The molecule has 1 saturated heterocycles. The molecule has 5 nitrogen and oxygen atoms in total. The van der Waals surface area contributed by atoms with Crippen molar-refractivity contribution in [3.8, 4) is 0 Å². The van der Waals surface area contributed by atoms with E-state index in [1.807, 2.05) is 24.3 Å². The molecule has 0 unspecified atom stereocenters. The number of nitrogens with two attached hydrogens (primary N) is 1. The van der Waals surface area contributed by atoms with Crippen LogP contribution in [0.1, 0.15) is 12.8 Å². The van der Waals surface area contributed by atoms with Crippen molar-refractivity contribution in [3.05, 3.63) is 28.7 Å². The van der Waals surface area contributed by atoms with Crippen LogP contribution in [-0.2, 0) is 9.59 Å². The second-order valence-electron chi connectivity index (χ2n) is 5.16. The minimum atomic E-state index is -0.220. The summed E-state index contributed by atoms with van der Waals surface area (Å²) < 4.78 is 0.935. The van der Waals surface area contributed by atoms with Gasteiger partial charge in [0.2, 0.25) is 5.91 Å². The maximum absolute atomic E-state index is 12.0. The summed E-state index contributed by atoms with van der Waals surface area (Å²) in [6.45, 7) is 2.07. The number of primary amides is 1. The summed E-state index contributed by atoms with van der Waals surface area (Å²) in [5.41, 5.74) is 6.09. The first-order valence-corrected chi connectivity index (χ1v) is 7.52. The number of amides is 2. The van der Waals surface area contributed by atoms with Crippen molar-refractivity contribution in [1.29, 1.82) is 0 Å². The molecule has 0 radical (unpaired) electrons. The highest BCUT2D eigenvalue weighted by Gasteiger charge is 2.26. The first kappa shape index (κ1) is 15.0. The average molecular weight is 341 g/mol. The van der Waals surface area contributed by atoms with Crippen molar-refractivity contribution in [2.45, 2.75) is 12.8 Å². The van der Waals surface area contributed by atoms with Crippen LogP contribution in [0.3, 0.4) is 0 Å². The van der Waals surface area contributed by atoms with E-state index in [9.17, 15) is 9.59 Å². The lowest BCUT2D eigenvalue weighted by molar-refractivity contribution is -0.897. The molecule has 0 aromatic heterocycles. The lowest BCUT2D eigenvalue weighted by Gasteiger charge is -2.27. The average Bonchev–Trinajstić information content (AvgIpc) is 2.39. The topological polar surface area (TPSA) is 76.6 Å². The lowest BCUT2D eigenvalue weighted by atomic mass is 9.96. The monoisotopic (exact) mass is 340 g/mol. The van der Waals surface area contributed by atoms with Crippen LogP contribution in [0.15, 0.2) is 28.7 Å². The van der Waals surface area contributed by atoms with Crippen LogP contribution < -0.4 is 16.0 Å². The molecule has 20 heavy (non-hydrogen) atoms. The Morgan fingerprint density at radius 1 is 1.35 bits per heavy atom. The van der Waals surface area contributed by atoms with E-state index in [1.54, 1.807) is 0 Å². The van der Waals surface area contributed by atoms with Gasteiger partial charge in [-0.3, -0.25) is 9.59 Å². The van der Waals surface area contributed by atoms with E-state index in [1.165, 1.54) is 4.90 Å². The summed E-state index contributed by atoms with van der Waals surface area (Å²) in [5, 5.41) is 2.88. The van der Waals surface area contributed by atoms with Gasteiger partial charge in [0.05, 0.1) is 13.1 Å². The normalized spacial score (nSPS) is 22.2. The van der Waals surface area contributed by atoms with Crippen LogP contribution in [0.25, 0.3) is 0 Å². The van der Waals surface area contributed by atoms with Gasteiger partial charge in [0.15, 0.2) is 6.54 Å². The number of hydrogen-bond donors (Lipinski definition) is 3. The first-order chi connectivity index (χ1) is 9.54. The number of nitrogens with one attached hydrogen (secondary N) is 2. The van der Waals surface area contributed by atoms with Crippen LogP contribution in [0.5, 0.6) is 0 Å². The van der Waals surface area contributed by atoms with Crippen LogP contribution >= 0.6 is 15.9 Å². The number of carbonyl (C=O) groups excluding carboxylic acids is 2. The van der Waals surface area contributed by atoms with Crippen molar-refractivity contribution >= 4 is 33.4 Å². The number of likely N-dealkylation sites (tertiary alicyclic amines) is 1. The van der Waals surface area contributed by atoms with Crippen molar-refractivity contribution in [3.63, 3.8) is 0 Å². The van der Waals surface area contributed by atoms with Gasteiger partial charge in [-0.25, -0.2) is 0 Å². The third kappa shape index (κ3) is 4.31. The number of hydrogen-bond acceptors (Lipinski definition) is 2. The zero-order valence-electron chi connectivity index (χ0n) is 11.2. The van der Waals surface area contributed by atoms with Gasteiger partial charge >= 0.3 is 0 Å². The smallest absolute Gasteiger partial charge is 0.279 e. The van der Waals surface area contributed by atoms with Gasteiger partial charge < -0.3 is 16.0 Å². The summed E-state index contributed by atoms with van der Waals surface area (Å²) >= 11 is 3.37. The minimum absolute atomic E-state index is 0.00405. The summed E-state index contributed by atoms with van der Waals surface area (Å²) in [4.78, 5) is 24.3. The largest absolute Gasteiger partial charge is 0.369 e. The highest BCUT2D eigenvalue weighted by atomic mass is 79.9. The molecule has 0 aliphatic carbocycles. The number of carbonyl (C=O) groups is 2. The van der Waals surface area contributed by atoms with Crippen LogP contribution in [0, 0.1) is 5.92 Å². The highest BCUT2D eigenvalue weighted by molar-refractivity contribution is 9.10. The fourth-order valence-electron chi connectivity index (χ4n) is 2.49. The highest BCUT2D eigenvalue weighted by Crippen LogP contribution is 2.15. The maximum atomic E-state index is 12.0. The van der Waals surface area contributed by atoms with Crippen LogP contribution in [0.4, 0.5) is 5.69 Å². The molecule has 108 valence electrons. The first-order valence-electron chi connectivity index (χ1n) is 6.73. The number of anilines is 1. The molecular formula is C14H19BrN3O2+. The summed E-state index contributed by atoms with van der Waals surface area (Å²) in [6.07, 6.45) is 1.55. The van der Waals surface area contributed by atoms with Gasteiger partial charge in [0.1, 0.15) is 0 Å². The predicted octanol–water partition coefficient (Wildman–Crippen LogP) is 0.168. The molecule has 0 spiro atoms. The number of rotatable bonds is 4. The number of benzene rings is 1. The molecule has 1 aromatic rings. The number of quaternary nitrogens is 1. The van der Waals surface area contributed by atoms with Crippen LogP contribution in [0.2, 0.25) is 0 Å². The van der Waals surface area contributed by atoms with E-state index in [0.717, 1.165) is 36.1 Å². The Bertz CT molecular complexity index is 499. The van der Waals surface area contributed by atoms with Crippen LogP contribution in [-0.4, -0.2) is 31.4 Å². The summed E-state index contributed by atoms with van der Waals surface area (Å²) in [7, 11) is 0. The van der Waals surface area contributed by atoms with Crippen molar-refractivity contribution in [1.82, 2.24) is 0 Å². The predicted molar refractivity (Wildman–Crippen MR) is 80.3 cm³/mol. The Kier molecular flexibility index (Phi) is 5.14. The Hall–Kier alpha value is -1.40.